The van der Waals surface area contributed by atoms with Gasteiger partial charge in [-0.1, -0.05) is 38.4 Å². The first-order valence-electron chi connectivity index (χ1n) is 8.72. The summed E-state index contributed by atoms with van der Waals surface area (Å²) in [4.78, 5) is 2.43. The molecule has 5 heteroatoms. The van der Waals surface area contributed by atoms with Gasteiger partial charge in [0.25, 0.3) is 0 Å². The molecule has 130 valence electrons. The maximum Gasteiger partial charge on any atom is 0.247 e. The highest BCUT2D eigenvalue weighted by molar-refractivity contribution is 6.30. The monoisotopic (exact) mass is 347 g/mol. The summed E-state index contributed by atoms with van der Waals surface area (Å²) in [5, 5.41) is 9.06. The summed E-state index contributed by atoms with van der Waals surface area (Å²) >= 11 is 6.03. The van der Waals surface area contributed by atoms with Crippen LogP contribution in [0.2, 0.25) is 5.02 Å². The second-order valence-electron chi connectivity index (χ2n) is 7.78. The molecule has 2 heterocycles. The summed E-state index contributed by atoms with van der Waals surface area (Å²) in [5.74, 6) is 2.00. The third kappa shape index (κ3) is 4.37. The van der Waals surface area contributed by atoms with Gasteiger partial charge in [0.1, 0.15) is 0 Å². The molecule has 4 nitrogen and oxygen atoms in total. The van der Waals surface area contributed by atoms with Crippen molar-refractivity contribution in [3.8, 4) is 11.5 Å². The first kappa shape index (κ1) is 17.4. The number of hydrogen-bond donors (Lipinski definition) is 0. The minimum absolute atomic E-state index is 0.389. The van der Waals surface area contributed by atoms with Crippen LogP contribution in [0.3, 0.4) is 0 Å². The van der Waals surface area contributed by atoms with Gasteiger partial charge >= 0.3 is 0 Å². The molecule has 0 N–H and O–H groups in total. The average molecular weight is 348 g/mol. The van der Waals surface area contributed by atoms with Crippen molar-refractivity contribution in [1.82, 2.24) is 15.1 Å². The molecule has 1 aliphatic rings. The number of aromatic nitrogens is 2. The van der Waals surface area contributed by atoms with Crippen LogP contribution in [0.1, 0.15) is 45.9 Å². The van der Waals surface area contributed by atoms with Crippen molar-refractivity contribution in [2.75, 3.05) is 13.1 Å². The van der Waals surface area contributed by atoms with Gasteiger partial charge in [0.15, 0.2) is 0 Å². The quantitative estimate of drug-likeness (QED) is 0.780. The molecule has 1 aromatic carbocycles. The summed E-state index contributed by atoms with van der Waals surface area (Å²) in [6.45, 7) is 9.97. The fourth-order valence-electron chi connectivity index (χ4n) is 3.43. The third-order valence-electron chi connectivity index (χ3n) is 4.94. The van der Waals surface area contributed by atoms with Crippen molar-refractivity contribution >= 4 is 11.6 Å². The highest BCUT2D eigenvalue weighted by Crippen LogP contribution is 2.34. The van der Waals surface area contributed by atoms with Gasteiger partial charge in [-0.05, 0) is 61.9 Å². The van der Waals surface area contributed by atoms with E-state index >= 15 is 0 Å². The number of likely N-dealkylation sites (tertiary alicyclic amines) is 1. The van der Waals surface area contributed by atoms with Crippen molar-refractivity contribution in [1.29, 1.82) is 0 Å². The van der Waals surface area contributed by atoms with Gasteiger partial charge in [-0.3, -0.25) is 4.90 Å². The lowest BCUT2D eigenvalue weighted by molar-refractivity contribution is 0.202. The Labute approximate surface area is 149 Å². The fraction of sp³-hybridized carbons (Fsp3) is 0.579. The number of nitrogens with zero attached hydrogens (tertiary/aromatic N) is 3. The molecule has 1 fully saturated rings. The molecule has 1 aliphatic heterocycles. The zero-order valence-electron chi connectivity index (χ0n) is 14.8. The molecule has 0 bridgehead atoms. The zero-order chi connectivity index (χ0) is 17.2. The van der Waals surface area contributed by atoms with Crippen molar-refractivity contribution in [2.45, 2.75) is 46.6 Å². The standard InChI is InChI=1S/C19H26ClN3O/c1-19(2,3)15-7-5-10-23(11-9-15)13-17-21-22-18(24-17)14-6-4-8-16(20)12-14/h4,6,8,12,15H,5,7,9-11,13H2,1-3H3. The topological polar surface area (TPSA) is 42.2 Å². The van der Waals surface area contributed by atoms with Crippen molar-refractivity contribution in [3.05, 3.63) is 35.2 Å². The second kappa shape index (κ2) is 7.24. The Morgan fingerprint density at radius 2 is 2.04 bits per heavy atom. The molecular formula is C19H26ClN3O. The number of benzene rings is 1. The van der Waals surface area contributed by atoms with Gasteiger partial charge in [0.2, 0.25) is 11.8 Å². The molecule has 1 atom stereocenters. The molecule has 1 unspecified atom stereocenters. The van der Waals surface area contributed by atoms with Crippen LogP contribution in [0.15, 0.2) is 28.7 Å². The van der Waals surface area contributed by atoms with Crippen molar-refractivity contribution in [2.24, 2.45) is 11.3 Å². The van der Waals surface area contributed by atoms with Crippen molar-refractivity contribution < 1.29 is 4.42 Å². The predicted molar refractivity (Wildman–Crippen MR) is 96.8 cm³/mol. The van der Waals surface area contributed by atoms with E-state index in [0.717, 1.165) is 31.1 Å². The van der Waals surface area contributed by atoms with Gasteiger partial charge in [-0.2, -0.15) is 0 Å². The van der Waals surface area contributed by atoms with Crippen LogP contribution < -0.4 is 0 Å². The van der Waals surface area contributed by atoms with E-state index < -0.39 is 0 Å². The van der Waals surface area contributed by atoms with Gasteiger partial charge in [-0.15, -0.1) is 10.2 Å². The van der Waals surface area contributed by atoms with Crippen LogP contribution in [0.4, 0.5) is 0 Å². The lowest BCUT2D eigenvalue weighted by Crippen LogP contribution is -2.26. The first-order chi connectivity index (χ1) is 11.4. The molecule has 2 aromatic rings. The first-order valence-corrected chi connectivity index (χ1v) is 9.10. The van der Waals surface area contributed by atoms with E-state index in [1.165, 1.54) is 19.3 Å². The van der Waals surface area contributed by atoms with Gasteiger partial charge in [0, 0.05) is 10.6 Å². The molecular weight excluding hydrogens is 322 g/mol. The summed E-state index contributed by atoms with van der Waals surface area (Å²) in [7, 11) is 0. The van der Waals surface area contributed by atoms with Crippen molar-refractivity contribution in [3.63, 3.8) is 0 Å². The minimum Gasteiger partial charge on any atom is -0.419 e. The maximum atomic E-state index is 6.03. The fourth-order valence-corrected chi connectivity index (χ4v) is 3.62. The van der Waals surface area contributed by atoms with E-state index in [0.29, 0.717) is 22.2 Å². The molecule has 1 saturated heterocycles. The molecule has 24 heavy (non-hydrogen) atoms. The van der Waals surface area contributed by atoms with E-state index in [2.05, 4.69) is 35.9 Å². The van der Waals surface area contributed by atoms with Gasteiger partial charge < -0.3 is 4.42 Å². The molecule has 0 saturated carbocycles. The Hall–Kier alpha value is -1.39. The second-order valence-corrected chi connectivity index (χ2v) is 8.22. The lowest BCUT2D eigenvalue weighted by Gasteiger charge is -2.29. The highest BCUT2D eigenvalue weighted by Gasteiger charge is 2.27. The van der Waals surface area contributed by atoms with Gasteiger partial charge in [0.05, 0.1) is 6.54 Å². The summed E-state index contributed by atoms with van der Waals surface area (Å²) in [5.41, 5.74) is 1.25. The molecule has 1 aromatic heterocycles. The number of rotatable bonds is 3. The average Bonchev–Trinajstić information content (AvgIpc) is 2.84. The van der Waals surface area contributed by atoms with E-state index in [4.69, 9.17) is 16.0 Å². The summed E-state index contributed by atoms with van der Waals surface area (Å²) < 4.78 is 5.84. The smallest absolute Gasteiger partial charge is 0.247 e. The van der Waals surface area contributed by atoms with Crippen LogP contribution in [0, 0.1) is 11.3 Å². The molecule has 0 radical (unpaired) electrons. The number of halogens is 1. The zero-order valence-corrected chi connectivity index (χ0v) is 15.5. The van der Waals surface area contributed by atoms with E-state index in [9.17, 15) is 0 Å². The summed E-state index contributed by atoms with van der Waals surface area (Å²) in [6.07, 6.45) is 3.77. The third-order valence-corrected chi connectivity index (χ3v) is 5.18. The van der Waals surface area contributed by atoms with Crippen LogP contribution in [0.25, 0.3) is 11.5 Å². The lowest BCUT2D eigenvalue weighted by atomic mass is 9.77. The normalized spacial score (nSPS) is 20.1. The van der Waals surface area contributed by atoms with E-state index in [-0.39, 0.29) is 0 Å². The largest absolute Gasteiger partial charge is 0.419 e. The van der Waals surface area contributed by atoms with Crippen LogP contribution >= 0.6 is 11.6 Å². The van der Waals surface area contributed by atoms with Gasteiger partial charge in [-0.25, -0.2) is 0 Å². The van der Waals surface area contributed by atoms with E-state index in [1.54, 1.807) is 0 Å². The summed E-state index contributed by atoms with van der Waals surface area (Å²) in [6, 6.07) is 7.51. The Morgan fingerprint density at radius 1 is 1.21 bits per heavy atom. The molecule has 0 amide bonds. The molecule has 0 aliphatic carbocycles. The minimum atomic E-state index is 0.389. The highest BCUT2D eigenvalue weighted by atomic mass is 35.5. The Kier molecular flexibility index (Phi) is 5.26. The predicted octanol–water partition coefficient (Wildman–Crippen LogP) is 5.04. The van der Waals surface area contributed by atoms with Crippen LogP contribution in [-0.2, 0) is 6.54 Å². The molecule has 3 rings (SSSR count). The maximum absolute atomic E-state index is 6.03. The Balaban J connectivity index is 1.63. The Morgan fingerprint density at radius 3 is 2.79 bits per heavy atom. The molecule has 0 spiro atoms. The number of hydrogen-bond acceptors (Lipinski definition) is 4. The van der Waals surface area contributed by atoms with Crippen LogP contribution in [-0.4, -0.2) is 28.2 Å². The van der Waals surface area contributed by atoms with E-state index in [1.807, 2.05) is 24.3 Å². The SMILES string of the molecule is CC(C)(C)C1CCCN(Cc2nnc(-c3cccc(Cl)c3)o2)CC1. The van der Waals surface area contributed by atoms with Crippen LogP contribution in [0.5, 0.6) is 0 Å². The Bertz CT molecular complexity index is 677.